The summed E-state index contributed by atoms with van der Waals surface area (Å²) in [5.74, 6) is 0.347. The summed E-state index contributed by atoms with van der Waals surface area (Å²) in [6.45, 7) is 2.58. The molecular weight excluding hydrogens is 255 g/mol. The van der Waals surface area contributed by atoms with Crippen LogP contribution in [-0.4, -0.2) is 29.7 Å². The van der Waals surface area contributed by atoms with E-state index in [2.05, 4.69) is 0 Å². The fourth-order valence-corrected chi connectivity index (χ4v) is 2.75. The molecule has 1 fully saturated rings. The van der Waals surface area contributed by atoms with Crippen molar-refractivity contribution in [3.63, 3.8) is 0 Å². The Morgan fingerprint density at radius 3 is 2.89 bits per heavy atom. The highest BCUT2D eigenvalue weighted by Gasteiger charge is 2.27. The second-order valence-corrected chi connectivity index (χ2v) is 5.66. The van der Waals surface area contributed by atoms with Crippen molar-refractivity contribution in [2.45, 2.75) is 24.7 Å². The van der Waals surface area contributed by atoms with E-state index in [1.54, 1.807) is 19.1 Å². The van der Waals surface area contributed by atoms with Crippen molar-refractivity contribution in [1.82, 2.24) is 0 Å². The molecule has 1 aliphatic rings. The molecule has 0 N–H and O–H groups in total. The summed E-state index contributed by atoms with van der Waals surface area (Å²) >= 11 is 1.32. The molecule has 0 aliphatic carbocycles. The number of benzene rings is 1. The Hall–Kier alpha value is -1.07. The molecule has 1 aliphatic heterocycles. The summed E-state index contributed by atoms with van der Waals surface area (Å²) in [6.07, 6.45) is 0.817. The maximum Gasteiger partial charge on any atom is 0.186 e. The van der Waals surface area contributed by atoms with Gasteiger partial charge in [-0.3, -0.25) is 4.79 Å². The molecule has 98 valence electrons. The van der Waals surface area contributed by atoms with Crippen molar-refractivity contribution in [2.75, 3.05) is 13.2 Å². The normalized spacial score (nSPS) is 23.0. The number of hydrogen-bond acceptors (Lipinski definition) is 4. The first kappa shape index (κ1) is 13.4. The van der Waals surface area contributed by atoms with Crippen LogP contribution in [-0.2, 0) is 9.53 Å². The predicted molar refractivity (Wildman–Crippen MR) is 68.3 cm³/mol. The van der Waals surface area contributed by atoms with Crippen LogP contribution in [0.1, 0.15) is 13.3 Å². The van der Waals surface area contributed by atoms with Crippen LogP contribution in [0, 0.1) is 5.82 Å². The standard InChI is InChI=1S/C13H15FO3S/c1-9(15)18-13-6-12(17-8-13)7-16-11-4-2-10(14)3-5-11/h2-5,12-13H,6-8H2,1H3/t12-,13+/m0/s1. The minimum Gasteiger partial charge on any atom is -0.491 e. The lowest BCUT2D eigenvalue weighted by molar-refractivity contribution is -0.109. The molecule has 1 aromatic rings. The van der Waals surface area contributed by atoms with Gasteiger partial charge in [-0.15, -0.1) is 0 Å². The topological polar surface area (TPSA) is 35.5 Å². The van der Waals surface area contributed by atoms with E-state index >= 15 is 0 Å². The largest absolute Gasteiger partial charge is 0.491 e. The molecule has 0 saturated carbocycles. The predicted octanol–water partition coefficient (Wildman–Crippen LogP) is 2.64. The molecule has 5 heteroatoms. The summed E-state index contributed by atoms with van der Waals surface area (Å²) < 4.78 is 23.7. The number of carbonyl (C=O) groups excluding carboxylic acids is 1. The van der Waals surface area contributed by atoms with Gasteiger partial charge in [0.05, 0.1) is 12.7 Å². The number of thioether (sulfide) groups is 1. The van der Waals surface area contributed by atoms with Gasteiger partial charge >= 0.3 is 0 Å². The van der Waals surface area contributed by atoms with Crippen molar-refractivity contribution in [1.29, 1.82) is 0 Å². The number of carbonyl (C=O) groups is 1. The minimum atomic E-state index is -0.280. The lowest BCUT2D eigenvalue weighted by Gasteiger charge is -2.11. The van der Waals surface area contributed by atoms with E-state index < -0.39 is 0 Å². The summed E-state index contributed by atoms with van der Waals surface area (Å²) in [4.78, 5) is 11.0. The molecule has 1 aromatic carbocycles. The summed E-state index contributed by atoms with van der Waals surface area (Å²) in [5.41, 5.74) is 0. The highest BCUT2D eigenvalue weighted by molar-refractivity contribution is 8.14. The summed E-state index contributed by atoms with van der Waals surface area (Å²) in [5, 5.41) is 0.341. The van der Waals surface area contributed by atoms with Crippen LogP contribution < -0.4 is 4.74 Å². The number of hydrogen-bond donors (Lipinski definition) is 0. The Labute approximate surface area is 110 Å². The van der Waals surface area contributed by atoms with Crippen LogP contribution in [0.3, 0.4) is 0 Å². The third kappa shape index (κ3) is 3.99. The second kappa shape index (κ2) is 6.20. The van der Waals surface area contributed by atoms with Crippen molar-refractivity contribution < 1.29 is 18.7 Å². The third-order valence-corrected chi connectivity index (χ3v) is 3.62. The zero-order chi connectivity index (χ0) is 13.0. The van der Waals surface area contributed by atoms with E-state index in [4.69, 9.17) is 9.47 Å². The minimum absolute atomic E-state index is 0.00639. The van der Waals surface area contributed by atoms with Crippen LogP contribution in [0.2, 0.25) is 0 Å². The van der Waals surface area contributed by atoms with Gasteiger partial charge in [-0.2, -0.15) is 0 Å². The molecule has 0 unspecified atom stereocenters. The van der Waals surface area contributed by atoms with E-state index in [0.29, 0.717) is 19.0 Å². The van der Waals surface area contributed by atoms with Gasteiger partial charge in [0.1, 0.15) is 18.2 Å². The van der Waals surface area contributed by atoms with Crippen molar-refractivity contribution in [3.8, 4) is 5.75 Å². The fraction of sp³-hybridized carbons (Fsp3) is 0.462. The lowest BCUT2D eigenvalue weighted by Crippen LogP contribution is -2.16. The highest BCUT2D eigenvalue weighted by Crippen LogP contribution is 2.26. The SMILES string of the molecule is CC(=O)S[C@H]1CO[C@H](COc2ccc(F)cc2)C1. The van der Waals surface area contributed by atoms with Gasteiger partial charge in [0.15, 0.2) is 5.12 Å². The average molecular weight is 270 g/mol. The van der Waals surface area contributed by atoms with Crippen LogP contribution in [0.25, 0.3) is 0 Å². The van der Waals surface area contributed by atoms with E-state index in [9.17, 15) is 9.18 Å². The third-order valence-electron chi connectivity index (χ3n) is 2.63. The quantitative estimate of drug-likeness (QED) is 0.842. The van der Waals surface area contributed by atoms with Crippen LogP contribution >= 0.6 is 11.8 Å². The fourth-order valence-electron chi connectivity index (χ4n) is 1.83. The van der Waals surface area contributed by atoms with E-state index in [0.717, 1.165) is 6.42 Å². The monoisotopic (exact) mass is 270 g/mol. The average Bonchev–Trinajstić information content (AvgIpc) is 2.75. The Bertz CT molecular complexity index is 407. The smallest absolute Gasteiger partial charge is 0.186 e. The van der Waals surface area contributed by atoms with E-state index in [1.807, 2.05) is 0 Å². The molecule has 18 heavy (non-hydrogen) atoms. The Balaban J connectivity index is 1.75. The van der Waals surface area contributed by atoms with Crippen LogP contribution in [0.15, 0.2) is 24.3 Å². The molecule has 0 aromatic heterocycles. The van der Waals surface area contributed by atoms with Crippen molar-refractivity contribution in [3.05, 3.63) is 30.1 Å². The maximum atomic E-state index is 12.7. The summed E-state index contributed by atoms with van der Waals surface area (Å²) in [7, 11) is 0. The van der Waals surface area contributed by atoms with Gasteiger partial charge in [-0.1, -0.05) is 11.8 Å². The van der Waals surface area contributed by atoms with E-state index in [1.165, 1.54) is 23.9 Å². The molecule has 0 radical (unpaired) electrons. The molecule has 3 nitrogen and oxygen atoms in total. The molecule has 0 amide bonds. The zero-order valence-electron chi connectivity index (χ0n) is 10.1. The Kier molecular flexibility index (Phi) is 4.60. The van der Waals surface area contributed by atoms with Crippen molar-refractivity contribution >= 4 is 16.9 Å². The summed E-state index contributed by atoms with van der Waals surface area (Å²) in [6, 6.07) is 5.90. The van der Waals surface area contributed by atoms with Gasteiger partial charge < -0.3 is 9.47 Å². The van der Waals surface area contributed by atoms with Gasteiger partial charge in [-0.25, -0.2) is 4.39 Å². The maximum absolute atomic E-state index is 12.7. The molecule has 2 rings (SSSR count). The number of halogens is 1. The van der Waals surface area contributed by atoms with Crippen LogP contribution in [0.4, 0.5) is 4.39 Å². The number of rotatable bonds is 4. The van der Waals surface area contributed by atoms with Gasteiger partial charge in [0.25, 0.3) is 0 Å². The Morgan fingerprint density at radius 2 is 2.22 bits per heavy atom. The molecular formula is C13H15FO3S. The van der Waals surface area contributed by atoms with Gasteiger partial charge in [0, 0.05) is 12.2 Å². The van der Waals surface area contributed by atoms with Crippen molar-refractivity contribution in [2.24, 2.45) is 0 Å². The first-order valence-electron chi connectivity index (χ1n) is 5.80. The molecule has 0 bridgehead atoms. The Morgan fingerprint density at radius 1 is 1.50 bits per heavy atom. The molecule has 2 atom stereocenters. The van der Waals surface area contributed by atoms with Gasteiger partial charge in [-0.05, 0) is 30.7 Å². The molecule has 1 saturated heterocycles. The second-order valence-electron chi connectivity index (χ2n) is 4.19. The zero-order valence-corrected chi connectivity index (χ0v) is 10.9. The first-order chi connectivity index (χ1) is 8.63. The number of ether oxygens (including phenoxy) is 2. The highest BCUT2D eigenvalue weighted by atomic mass is 32.2. The lowest BCUT2D eigenvalue weighted by atomic mass is 10.2. The van der Waals surface area contributed by atoms with Crippen LogP contribution in [0.5, 0.6) is 5.75 Å². The first-order valence-corrected chi connectivity index (χ1v) is 6.68. The molecule has 0 spiro atoms. The molecule has 1 heterocycles. The van der Waals surface area contributed by atoms with E-state index in [-0.39, 0.29) is 22.3 Å². The van der Waals surface area contributed by atoms with Gasteiger partial charge in [0.2, 0.25) is 0 Å².